The Morgan fingerprint density at radius 1 is 1.27 bits per heavy atom. The van der Waals surface area contributed by atoms with Gasteiger partial charge in [0.2, 0.25) is 0 Å². The predicted octanol–water partition coefficient (Wildman–Crippen LogP) is 2.13. The van der Waals surface area contributed by atoms with E-state index < -0.39 is 18.6 Å². The van der Waals surface area contributed by atoms with Crippen molar-refractivity contribution in [3.63, 3.8) is 0 Å². The Labute approximate surface area is 86.9 Å². The number of carboxylic acids is 1. The second-order valence-electron chi connectivity index (χ2n) is 3.52. The summed E-state index contributed by atoms with van der Waals surface area (Å²) < 4.78 is 35.3. The van der Waals surface area contributed by atoms with E-state index >= 15 is 0 Å². The summed E-state index contributed by atoms with van der Waals surface area (Å²) in [7, 11) is 1.69. The second kappa shape index (κ2) is 6.66. The lowest BCUT2D eigenvalue weighted by molar-refractivity contribution is -0.137. The maximum atomic E-state index is 11.8. The summed E-state index contributed by atoms with van der Waals surface area (Å²) in [6, 6.07) is 0. The van der Waals surface area contributed by atoms with Gasteiger partial charge in [-0.15, -0.1) is 0 Å². The molecule has 0 unspecified atom stereocenters. The first-order valence-corrected chi connectivity index (χ1v) is 4.78. The number of aliphatic carboxylic acids is 1. The molecule has 0 aromatic rings. The van der Waals surface area contributed by atoms with Crippen LogP contribution in [0.5, 0.6) is 0 Å². The number of nitrogens with zero attached hydrogens (tertiary/aromatic N) is 1. The van der Waals surface area contributed by atoms with Crippen LogP contribution in [0.1, 0.15) is 25.7 Å². The van der Waals surface area contributed by atoms with Gasteiger partial charge in [0.1, 0.15) is 0 Å². The largest absolute Gasteiger partial charge is 0.481 e. The minimum atomic E-state index is -4.10. The topological polar surface area (TPSA) is 40.5 Å². The molecule has 0 aliphatic heterocycles. The Morgan fingerprint density at radius 3 is 2.27 bits per heavy atom. The van der Waals surface area contributed by atoms with Crippen LogP contribution in [0.4, 0.5) is 13.2 Å². The molecule has 0 saturated heterocycles. The minimum Gasteiger partial charge on any atom is -0.481 e. The summed E-state index contributed by atoms with van der Waals surface area (Å²) in [6.07, 6.45) is -4.29. The monoisotopic (exact) mass is 227 g/mol. The van der Waals surface area contributed by atoms with E-state index in [1.54, 1.807) is 11.9 Å². The molecule has 0 saturated carbocycles. The Hall–Kier alpha value is -0.780. The van der Waals surface area contributed by atoms with E-state index in [4.69, 9.17) is 5.11 Å². The summed E-state index contributed by atoms with van der Waals surface area (Å²) in [4.78, 5) is 11.9. The molecule has 3 nitrogen and oxygen atoms in total. The molecule has 0 aromatic heterocycles. The zero-order chi connectivity index (χ0) is 11.9. The summed E-state index contributed by atoms with van der Waals surface area (Å²) >= 11 is 0. The van der Waals surface area contributed by atoms with E-state index in [1.807, 2.05) is 0 Å². The fourth-order valence-corrected chi connectivity index (χ4v) is 1.16. The van der Waals surface area contributed by atoms with Crippen molar-refractivity contribution in [2.24, 2.45) is 0 Å². The Kier molecular flexibility index (Phi) is 6.31. The molecule has 6 heteroatoms. The van der Waals surface area contributed by atoms with Gasteiger partial charge in [-0.3, -0.25) is 4.79 Å². The van der Waals surface area contributed by atoms with Crippen molar-refractivity contribution in [3.05, 3.63) is 0 Å². The lowest BCUT2D eigenvalue weighted by atomic mass is 10.2. The molecule has 0 rings (SSSR count). The highest BCUT2D eigenvalue weighted by atomic mass is 19.4. The van der Waals surface area contributed by atoms with Crippen molar-refractivity contribution in [2.75, 3.05) is 20.1 Å². The lowest BCUT2D eigenvalue weighted by Crippen LogP contribution is -2.23. The zero-order valence-electron chi connectivity index (χ0n) is 8.68. The van der Waals surface area contributed by atoms with Gasteiger partial charge in [-0.05, 0) is 33.0 Å². The van der Waals surface area contributed by atoms with Gasteiger partial charge in [-0.2, -0.15) is 13.2 Å². The zero-order valence-corrected chi connectivity index (χ0v) is 8.68. The van der Waals surface area contributed by atoms with Gasteiger partial charge in [0.05, 0.1) is 0 Å². The molecule has 0 aliphatic carbocycles. The predicted molar refractivity (Wildman–Crippen MR) is 49.7 cm³/mol. The first-order chi connectivity index (χ1) is 6.81. The Morgan fingerprint density at radius 2 is 1.80 bits per heavy atom. The fraction of sp³-hybridized carbons (Fsp3) is 0.889. The van der Waals surface area contributed by atoms with Crippen molar-refractivity contribution in [1.82, 2.24) is 4.90 Å². The van der Waals surface area contributed by atoms with Crippen LogP contribution in [0.25, 0.3) is 0 Å². The summed E-state index contributed by atoms with van der Waals surface area (Å²) in [5, 5.41) is 8.34. The third kappa shape index (κ3) is 11.1. The summed E-state index contributed by atoms with van der Waals surface area (Å²) in [5.41, 5.74) is 0. The normalized spacial score (nSPS) is 12.1. The van der Waals surface area contributed by atoms with Crippen molar-refractivity contribution >= 4 is 5.97 Å². The van der Waals surface area contributed by atoms with Crippen LogP contribution in [0, 0.1) is 0 Å². The number of carbonyl (C=O) groups is 1. The molecular weight excluding hydrogens is 211 g/mol. The summed E-state index contributed by atoms with van der Waals surface area (Å²) in [5.74, 6) is -0.876. The molecule has 0 radical (unpaired) electrons. The van der Waals surface area contributed by atoms with Gasteiger partial charge >= 0.3 is 12.1 Å². The quantitative estimate of drug-likeness (QED) is 0.724. The maximum Gasteiger partial charge on any atom is 0.389 e. The van der Waals surface area contributed by atoms with E-state index in [1.165, 1.54) is 0 Å². The van der Waals surface area contributed by atoms with Crippen LogP contribution < -0.4 is 0 Å². The number of rotatable bonds is 7. The molecule has 0 heterocycles. The highest BCUT2D eigenvalue weighted by Crippen LogP contribution is 2.21. The van der Waals surface area contributed by atoms with Gasteiger partial charge in [0.25, 0.3) is 0 Å². The van der Waals surface area contributed by atoms with Crippen LogP contribution >= 0.6 is 0 Å². The average molecular weight is 227 g/mol. The van der Waals surface area contributed by atoms with Crippen molar-refractivity contribution in [3.8, 4) is 0 Å². The molecule has 90 valence electrons. The number of halogens is 3. The van der Waals surface area contributed by atoms with E-state index in [9.17, 15) is 18.0 Å². The molecule has 0 fully saturated rings. The smallest absolute Gasteiger partial charge is 0.389 e. The molecule has 0 aromatic carbocycles. The van der Waals surface area contributed by atoms with E-state index in [0.29, 0.717) is 19.5 Å². The lowest BCUT2D eigenvalue weighted by Gasteiger charge is -2.16. The van der Waals surface area contributed by atoms with Gasteiger partial charge < -0.3 is 10.0 Å². The molecule has 0 spiro atoms. The van der Waals surface area contributed by atoms with E-state index in [-0.39, 0.29) is 12.8 Å². The average Bonchev–Trinajstić information content (AvgIpc) is 2.00. The number of alkyl halides is 3. The Bertz CT molecular complexity index is 194. The third-order valence-corrected chi connectivity index (χ3v) is 1.93. The second-order valence-corrected chi connectivity index (χ2v) is 3.52. The molecule has 0 bridgehead atoms. The summed E-state index contributed by atoms with van der Waals surface area (Å²) in [6.45, 7) is 0.864. The SMILES string of the molecule is CN(CCCC(=O)O)CCCC(F)(F)F. The molecule has 0 aliphatic rings. The molecular formula is C9H16F3NO2. The van der Waals surface area contributed by atoms with Crippen molar-refractivity contribution < 1.29 is 23.1 Å². The number of carboxylic acid groups (broad SMARTS) is 1. The third-order valence-electron chi connectivity index (χ3n) is 1.93. The van der Waals surface area contributed by atoms with E-state index in [0.717, 1.165) is 0 Å². The first-order valence-electron chi connectivity index (χ1n) is 4.78. The number of hydrogen-bond acceptors (Lipinski definition) is 2. The van der Waals surface area contributed by atoms with Gasteiger partial charge in [-0.1, -0.05) is 0 Å². The Balaban J connectivity index is 3.41. The van der Waals surface area contributed by atoms with Crippen LogP contribution in [0.15, 0.2) is 0 Å². The fourth-order valence-electron chi connectivity index (χ4n) is 1.16. The maximum absolute atomic E-state index is 11.8. The van der Waals surface area contributed by atoms with Crippen LogP contribution in [-0.2, 0) is 4.79 Å². The van der Waals surface area contributed by atoms with Crippen LogP contribution in [0.2, 0.25) is 0 Å². The van der Waals surface area contributed by atoms with Gasteiger partial charge in [-0.25, -0.2) is 0 Å². The first kappa shape index (κ1) is 14.2. The highest BCUT2D eigenvalue weighted by molar-refractivity contribution is 5.66. The highest BCUT2D eigenvalue weighted by Gasteiger charge is 2.26. The van der Waals surface area contributed by atoms with Crippen molar-refractivity contribution in [1.29, 1.82) is 0 Å². The molecule has 0 atom stereocenters. The van der Waals surface area contributed by atoms with E-state index in [2.05, 4.69) is 0 Å². The van der Waals surface area contributed by atoms with Crippen molar-refractivity contribution in [2.45, 2.75) is 31.9 Å². The molecule has 15 heavy (non-hydrogen) atoms. The standard InChI is InChI=1S/C9H16F3NO2/c1-13(6-2-4-8(14)15)7-3-5-9(10,11)12/h2-7H2,1H3,(H,14,15). The molecule has 1 N–H and O–H groups in total. The molecule has 0 amide bonds. The van der Waals surface area contributed by atoms with Crippen LogP contribution in [0.3, 0.4) is 0 Å². The number of hydrogen-bond donors (Lipinski definition) is 1. The van der Waals surface area contributed by atoms with Gasteiger partial charge in [0.15, 0.2) is 0 Å². The van der Waals surface area contributed by atoms with Crippen LogP contribution in [-0.4, -0.2) is 42.3 Å². The minimum absolute atomic E-state index is 0.0591. The van der Waals surface area contributed by atoms with Gasteiger partial charge in [0, 0.05) is 12.8 Å².